The molecule has 0 aromatic rings. The predicted molar refractivity (Wildman–Crippen MR) is 84.4 cm³/mol. The zero-order chi connectivity index (χ0) is 13.8. The molecule has 0 atom stereocenters. The van der Waals surface area contributed by atoms with Crippen LogP contribution in [0.3, 0.4) is 0 Å². The predicted octanol–water partition coefficient (Wildman–Crippen LogP) is 4.27. The fourth-order valence-electron chi connectivity index (χ4n) is 1.72. The second-order valence-electron chi connectivity index (χ2n) is 4.21. The van der Waals surface area contributed by atoms with E-state index in [1.807, 2.05) is 0 Å². The number of carbonyl (C=O) groups is 1. The Labute approximate surface area is 132 Å². The monoisotopic (exact) mass is 443 g/mol. The van der Waals surface area contributed by atoms with Gasteiger partial charge in [0.25, 0.3) is 0 Å². The molecule has 0 saturated heterocycles. The summed E-state index contributed by atoms with van der Waals surface area (Å²) < 4.78 is 0.383. The Bertz CT molecular complexity index is 389. The number of hydrogen-bond donors (Lipinski definition) is 2. The first kappa shape index (κ1) is 16.2. The average Bonchev–Trinajstić information content (AvgIpc) is 2.24. The fraction of sp³-hybridized carbons (Fsp3) is 0.583. The van der Waals surface area contributed by atoms with E-state index in [0.717, 1.165) is 30.3 Å². The highest BCUT2D eigenvalue weighted by Crippen LogP contribution is 2.43. The van der Waals surface area contributed by atoms with Gasteiger partial charge in [-0.25, -0.2) is 4.79 Å². The van der Waals surface area contributed by atoms with E-state index >= 15 is 0 Å². The van der Waals surface area contributed by atoms with Crippen molar-refractivity contribution in [1.82, 2.24) is 5.32 Å². The Hall–Kier alpha value is 0.190. The number of carboxylic acids is 1. The first-order valence-corrected chi connectivity index (χ1v) is 8.22. The lowest BCUT2D eigenvalue weighted by atomic mass is 10.0. The molecule has 6 heteroatoms. The number of hydrogen-bond acceptors (Lipinski definition) is 2. The Morgan fingerprint density at radius 1 is 1.50 bits per heavy atom. The standard InChI is InChI=1S/C12H16Br3NO2/c1-2-3-4-5-16-10-8(11(17)18)6-12(14,15)7-9(10)13/h6,16H,2-5,7H2,1H3,(H,17,18). The highest BCUT2D eigenvalue weighted by Gasteiger charge is 2.32. The molecule has 1 aliphatic rings. The second kappa shape index (κ2) is 7.10. The van der Waals surface area contributed by atoms with Gasteiger partial charge in [-0.05, 0) is 12.5 Å². The zero-order valence-electron chi connectivity index (χ0n) is 10.1. The molecule has 0 radical (unpaired) electrons. The first-order valence-electron chi connectivity index (χ1n) is 5.84. The van der Waals surface area contributed by atoms with E-state index in [2.05, 4.69) is 60.0 Å². The molecular weight excluding hydrogens is 430 g/mol. The highest BCUT2D eigenvalue weighted by molar-refractivity contribution is 9.25. The zero-order valence-corrected chi connectivity index (χ0v) is 14.9. The summed E-state index contributed by atoms with van der Waals surface area (Å²) in [5, 5.41) is 12.5. The molecule has 0 fully saturated rings. The summed E-state index contributed by atoms with van der Waals surface area (Å²) in [7, 11) is 0. The molecule has 0 aromatic heterocycles. The lowest BCUT2D eigenvalue weighted by molar-refractivity contribution is -0.132. The second-order valence-corrected chi connectivity index (χ2v) is 9.07. The third kappa shape index (κ3) is 4.70. The molecule has 0 heterocycles. The van der Waals surface area contributed by atoms with Crippen LogP contribution in [0, 0.1) is 0 Å². The third-order valence-corrected chi connectivity index (χ3v) is 4.29. The van der Waals surface area contributed by atoms with Crippen LogP contribution in [0.1, 0.15) is 32.6 Å². The number of unbranched alkanes of at least 4 members (excludes halogenated alkanes) is 2. The van der Waals surface area contributed by atoms with Gasteiger partial charge in [0, 0.05) is 17.4 Å². The molecule has 0 unspecified atom stereocenters. The maximum atomic E-state index is 11.3. The molecule has 0 aliphatic heterocycles. The number of rotatable bonds is 6. The molecule has 0 aromatic carbocycles. The summed E-state index contributed by atoms with van der Waals surface area (Å²) in [6, 6.07) is 0. The van der Waals surface area contributed by atoms with E-state index in [1.165, 1.54) is 0 Å². The fourth-order valence-corrected chi connectivity index (χ4v) is 4.29. The summed E-state index contributed by atoms with van der Waals surface area (Å²) >= 11 is 10.4. The number of halogens is 3. The Morgan fingerprint density at radius 2 is 2.17 bits per heavy atom. The van der Waals surface area contributed by atoms with Crippen LogP contribution in [-0.2, 0) is 4.79 Å². The van der Waals surface area contributed by atoms with E-state index in [4.69, 9.17) is 0 Å². The lowest BCUT2D eigenvalue weighted by Crippen LogP contribution is -2.27. The number of carboxylic acid groups (broad SMARTS) is 1. The largest absolute Gasteiger partial charge is 0.478 e. The van der Waals surface area contributed by atoms with E-state index in [0.29, 0.717) is 17.7 Å². The molecule has 0 bridgehead atoms. The van der Waals surface area contributed by atoms with Gasteiger partial charge in [-0.2, -0.15) is 0 Å². The van der Waals surface area contributed by atoms with Gasteiger partial charge in [0.2, 0.25) is 0 Å². The lowest BCUT2D eigenvalue weighted by Gasteiger charge is -2.26. The smallest absolute Gasteiger partial charge is 0.337 e. The van der Waals surface area contributed by atoms with Crippen LogP contribution in [0.4, 0.5) is 0 Å². The maximum Gasteiger partial charge on any atom is 0.337 e. The molecule has 0 amide bonds. The first-order chi connectivity index (χ1) is 8.37. The molecule has 2 N–H and O–H groups in total. The van der Waals surface area contributed by atoms with Crippen molar-refractivity contribution >= 4 is 53.8 Å². The van der Waals surface area contributed by atoms with Crippen molar-refractivity contribution < 1.29 is 9.90 Å². The van der Waals surface area contributed by atoms with Crippen LogP contribution >= 0.6 is 47.8 Å². The summed E-state index contributed by atoms with van der Waals surface area (Å²) in [6.45, 7) is 2.93. The summed E-state index contributed by atoms with van der Waals surface area (Å²) in [6.07, 6.45) is 5.68. The topological polar surface area (TPSA) is 49.3 Å². The normalized spacial score (nSPS) is 18.6. The number of aliphatic carboxylic acids is 1. The Morgan fingerprint density at radius 3 is 2.72 bits per heavy atom. The van der Waals surface area contributed by atoms with Crippen LogP contribution in [-0.4, -0.2) is 20.9 Å². The number of nitrogens with one attached hydrogen (secondary N) is 1. The van der Waals surface area contributed by atoms with Gasteiger partial charge in [0.05, 0.1) is 11.3 Å². The average molecular weight is 446 g/mol. The van der Waals surface area contributed by atoms with E-state index in [1.54, 1.807) is 6.08 Å². The maximum absolute atomic E-state index is 11.3. The quantitative estimate of drug-likeness (QED) is 0.474. The molecule has 1 aliphatic carbocycles. The molecule has 0 saturated carbocycles. The minimum atomic E-state index is -0.923. The van der Waals surface area contributed by atoms with Gasteiger partial charge in [-0.3, -0.25) is 0 Å². The third-order valence-electron chi connectivity index (χ3n) is 2.60. The summed E-state index contributed by atoms with van der Waals surface area (Å²) in [4.78, 5) is 11.3. The molecule has 1 rings (SSSR count). The van der Waals surface area contributed by atoms with Crippen molar-refractivity contribution in [2.45, 2.75) is 35.8 Å². The Kier molecular flexibility index (Phi) is 6.41. The molecule has 18 heavy (non-hydrogen) atoms. The Balaban J connectivity index is 2.80. The van der Waals surface area contributed by atoms with Gasteiger partial charge in [0.1, 0.15) is 3.23 Å². The molecule has 102 valence electrons. The van der Waals surface area contributed by atoms with Crippen molar-refractivity contribution in [3.63, 3.8) is 0 Å². The van der Waals surface area contributed by atoms with Crippen LogP contribution in [0.25, 0.3) is 0 Å². The SMILES string of the molecule is CCCCCNC1=C(Br)CC(Br)(Br)C=C1C(=O)O. The van der Waals surface area contributed by atoms with E-state index in [-0.39, 0.29) is 0 Å². The molecule has 0 spiro atoms. The highest BCUT2D eigenvalue weighted by atomic mass is 79.9. The van der Waals surface area contributed by atoms with Crippen LogP contribution in [0.5, 0.6) is 0 Å². The van der Waals surface area contributed by atoms with Gasteiger partial charge < -0.3 is 10.4 Å². The van der Waals surface area contributed by atoms with Crippen molar-refractivity contribution in [2.24, 2.45) is 0 Å². The van der Waals surface area contributed by atoms with Crippen molar-refractivity contribution in [3.8, 4) is 0 Å². The minimum absolute atomic E-state index is 0.290. The number of alkyl halides is 2. The van der Waals surface area contributed by atoms with Crippen LogP contribution in [0.2, 0.25) is 0 Å². The van der Waals surface area contributed by atoms with Crippen molar-refractivity contribution in [2.75, 3.05) is 6.54 Å². The minimum Gasteiger partial charge on any atom is -0.478 e. The molecular formula is C12H16Br3NO2. The van der Waals surface area contributed by atoms with Gasteiger partial charge in [-0.1, -0.05) is 67.6 Å². The number of allylic oxidation sites excluding steroid dienone is 2. The van der Waals surface area contributed by atoms with Crippen LogP contribution in [0.15, 0.2) is 21.8 Å². The molecule has 3 nitrogen and oxygen atoms in total. The van der Waals surface area contributed by atoms with Crippen molar-refractivity contribution in [3.05, 3.63) is 21.8 Å². The van der Waals surface area contributed by atoms with E-state index in [9.17, 15) is 9.90 Å². The summed E-state index contributed by atoms with van der Waals surface area (Å²) in [5.74, 6) is -0.923. The van der Waals surface area contributed by atoms with Crippen molar-refractivity contribution in [1.29, 1.82) is 0 Å². The van der Waals surface area contributed by atoms with Gasteiger partial charge >= 0.3 is 5.97 Å². The van der Waals surface area contributed by atoms with Gasteiger partial charge in [0.15, 0.2) is 0 Å². The van der Waals surface area contributed by atoms with Gasteiger partial charge in [-0.15, -0.1) is 0 Å². The van der Waals surface area contributed by atoms with E-state index < -0.39 is 9.20 Å². The van der Waals surface area contributed by atoms with Crippen LogP contribution < -0.4 is 5.32 Å². The summed E-state index contributed by atoms with van der Waals surface area (Å²) in [5.41, 5.74) is 0.978.